The molecule has 1 heterocycles. The summed E-state index contributed by atoms with van der Waals surface area (Å²) in [5, 5.41) is 13.5. The Morgan fingerprint density at radius 1 is 1.44 bits per heavy atom. The van der Waals surface area contributed by atoms with Crippen molar-refractivity contribution in [3.8, 4) is 0 Å². The molecule has 16 heavy (non-hydrogen) atoms. The van der Waals surface area contributed by atoms with Crippen LogP contribution in [0.4, 0.5) is 4.39 Å². The largest absolute Gasteiger partial charge is 0.392 e. The van der Waals surface area contributed by atoms with Gasteiger partial charge in [-0.25, -0.2) is 0 Å². The monoisotopic (exact) mass is 220 g/mol. The van der Waals surface area contributed by atoms with Crippen LogP contribution in [0.2, 0.25) is 0 Å². The summed E-state index contributed by atoms with van der Waals surface area (Å²) in [5.74, 6) is 0.181. The fourth-order valence-corrected chi connectivity index (χ4v) is 2.07. The minimum Gasteiger partial charge on any atom is -0.392 e. The molecule has 84 valence electrons. The van der Waals surface area contributed by atoms with Gasteiger partial charge in [0.2, 0.25) is 5.95 Å². The molecule has 1 aromatic carbocycles. The van der Waals surface area contributed by atoms with Crippen LogP contribution in [-0.4, -0.2) is 14.9 Å². The number of rotatable bonds is 3. The van der Waals surface area contributed by atoms with Crippen LogP contribution in [0.5, 0.6) is 0 Å². The maximum atomic E-state index is 13.7. The summed E-state index contributed by atoms with van der Waals surface area (Å²) in [6.45, 7) is 0.638. The van der Waals surface area contributed by atoms with Gasteiger partial charge in [-0.15, -0.1) is 5.10 Å². The number of aliphatic hydroxyl groups is 1. The van der Waals surface area contributed by atoms with E-state index in [0.29, 0.717) is 16.9 Å². The van der Waals surface area contributed by atoms with Gasteiger partial charge in [-0.05, 0) is 30.4 Å². The van der Waals surface area contributed by atoms with Crippen LogP contribution in [0.15, 0.2) is 18.2 Å². The number of aromatic nitrogens is 2. The quantitative estimate of drug-likeness (QED) is 0.860. The third-order valence-electron chi connectivity index (χ3n) is 3.12. The van der Waals surface area contributed by atoms with Crippen LogP contribution in [0.3, 0.4) is 0 Å². The van der Waals surface area contributed by atoms with Gasteiger partial charge < -0.3 is 5.11 Å². The van der Waals surface area contributed by atoms with Crippen LogP contribution in [0, 0.1) is 11.9 Å². The van der Waals surface area contributed by atoms with Crippen molar-refractivity contribution in [2.45, 2.75) is 26.0 Å². The molecule has 0 bridgehead atoms. The molecule has 0 saturated heterocycles. The first kappa shape index (κ1) is 9.78. The highest BCUT2D eigenvalue weighted by Crippen LogP contribution is 2.32. The summed E-state index contributed by atoms with van der Waals surface area (Å²) in [6.07, 6.45) is 2.42. The zero-order chi connectivity index (χ0) is 11.1. The molecule has 1 aliphatic carbocycles. The van der Waals surface area contributed by atoms with Gasteiger partial charge in [0.1, 0.15) is 0 Å². The smallest absolute Gasteiger partial charge is 0.240 e. The highest BCUT2D eigenvalue weighted by Gasteiger charge is 2.24. The molecule has 0 amide bonds. The third kappa shape index (κ3) is 1.50. The normalized spacial score (nSPS) is 15.9. The first-order valence-corrected chi connectivity index (χ1v) is 5.54. The molecule has 0 atom stereocenters. The molecule has 1 aromatic heterocycles. The Morgan fingerprint density at radius 3 is 2.94 bits per heavy atom. The van der Waals surface area contributed by atoms with Crippen molar-refractivity contribution in [3.05, 3.63) is 29.7 Å². The van der Waals surface area contributed by atoms with Gasteiger partial charge in [0.25, 0.3) is 0 Å². The third-order valence-corrected chi connectivity index (χ3v) is 3.12. The molecule has 1 fully saturated rings. The summed E-state index contributed by atoms with van der Waals surface area (Å²) in [4.78, 5) is 0. The average Bonchev–Trinajstić information content (AvgIpc) is 3.05. The van der Waals surface area contributed by atoms with Crippen molar-refractivity contribution in [2.24, 2.45) is 5.92 Å². The lowest BCUT2D eigenvalue weighted by Gasteiger charge is -2.02. The fraction of sp³-hybridized carbons (Fsp3) is 0.417. The summed E-state index contributed by atoms with van der Waals surface area (Å²) in [5.41, 5.74) is 1.40. The molecule has 1 N–H and O–H groups in total. The maximum Gasteiger partial charge on any atom is 0.240 e. The Labute approximate surface area is 92.5 Å². The van der Waals surface area contributed by atoms with E-state index in [1.54, 1.807) is 10.7 Å². The molecule has 2 aromatic rings. The fourth-order valence-electron chi connectivity index (χ4n) is 2.07. The lowest BCUT2D eigenvalue weighted by molar-refractivity contribution is 0.283. The van der Waals surface area contributed by atoms with Gasteiger partial charge >= 0.3 is 0 Å². The first-order chi connectivity index (χ1) is 7.79. The Kier molecular flexibility index (Phi) is 2.17. The number of halogens is 1. The zero-order valence-electron chi connectivity index (χ0n) is 8.86. The highest BCUT2D eigenvalue weighted by atomic mass is 19.1. The molecule has 3 rings (SSSR count). The van der Waals surface area contributed by atoms with Crippen molar-refractivity contribution in [1.82, 2.24) is 9.78 Å². The number of aliphatic hydroxyl groups excluding tert-OH is 1. The molecule has 0 spiro atoms. The van der Waals surface area contributed by atoms with Gasteiger partial charge in [-0.3, -0.25) is 4.68 Å². The number of hydrogen-bond acceptors (Lipinski definition) is 2. The highest BCUT2D eigenvalue weighted by molar-refractivity contribution is 5.82. The van der Waals surface area contributed by atoms with Crippen molar-refractivity contribution in [2.75, 3.05) is 0 Å². The van der Waals surface area contributed by atoms with Crippen molar-refractivity contribution >= 4 is 10.9 Å². The van der Waals surface area contributed by atoms with E-state index < -0.39 is 5.95 Å². The van der Waals surface area contributed by atoms with E-state index in [1.165, 1.54) is 12.8 Å². The summed E-state index contributed by atoms with van der Waals surface area (Å²) in [7, 11) is 0. The minimum absolute atomic E-state index is 0.149. The van der Waals surface area contributed by atoms with Gasteiger partial charge in [0.05, 0.1) is 17.5 Å². The summed E-state index contributed by atoms with van der Waals surface area (Å²) in [6, 6.07) is 5.42. The lowest BCUT2D eigenvalue weighted by atomic mass is 10.1. The molecule has 1 saturated carbocycles. The van der Waals surface area contributed by atoms with E-state index in [9.17, 15) is 4.39 Å². The van der Waals surface area contributed by atoms with Crippen LogP contribution < -0.4 is 0 Å². The number of benzene rings is 1. The van der Waals surface area contributed by atoms with E-state index in [1.807, 2.05) is 12.1 Å². The molecule has 3 nitrogen and oxygen atoms in total. The van der Waals surface area contributed by atoms with Crippen molar-refractivity contribution < 1.29 is 9.50 Å². The zero-order valence-corrected chi connectivity index (χ0v) is 8.86. The van der Waals surface area contributed by atoms with Crippen LogP contribution in [-0.2, 0) is 13.2 Å². The number of nitrogens with zero attached hydrogens (tertiary/aromatic N) is 2. The van der Waals surface area contributed by atoms with Crippen LogP contribution in [0.25, 0.3) is 10.9 Å². The van der Waals surface area contributed by atoms with Crippen molar-refractivity contribution in [3.63, 3.8) is 0 Å². The van der Waals surface area contributed by atoms with Gasteiger partial charge in [0.15, 0.2) is 0 Å². The minimum atomic E-state index is -0.472. The van der Waals surface area contributed by atoms with Gasteiger partial charge in [-0.2, -0.15) is 4.39 Å². The average molecular weight is 220 g/mol. The topological polar surface area (TPSA) is 38.1 Å². The van der Waals surface area contributed by atoms with E-state index in [2.05, 4.69) is 5.10 Å². The second kappa shape index (κ2) is 3.56. The lowest BCUT2D eigenvalue weighted by Crippen LogP contribution is -2.01. The molecule has 0 radical (unpaired) electrons. The van der Waals surface area contributed by atoms with E-state index >= 15 is 0 Å². The van der Waals surface area contributed by atoms with Gasteiger partial charge in [0, 0.05) is 6.54 Å². The molecule has 0 unspecified atom stereocenters. The van der Waals surface area contributed by atoms with Gasteiger partial charge in [-0.1, -0.05) is 12.1 Å². The second-order valence-electron chi connectivity index (χ2n) is 4.39. The second-order valence-corrected chi connectivity index (χ2v) is 4.39. The Hall–Kier alpha value is -1.42. The van der Waals surface area contributed by atoms with Crippen LogP contribution >= 0.6 is 0 Å². The Bertz CT molecular complexity index is 531. The predicted octanol–water partition coefficient (Wildman–Crippen LogP) is 2.08. The predicted molar refractivity (Wildman–Crippen MR) is 58.3 cm³/mol. The van der Waals surface area contributed by atoms with Crippen molar-refractivity contribution in [1.29, 1.82) is 0 Å². The SMILES string of the molecule is OCc1cccc2c1c(F)nn2CC1CC1. The Balaban J connectivity index is 2.15. The standard InChI is InChI=1S/C12H13FN2O/c13-12-11-9(7-16)2-1-3-10(11)15(14-12)6-8-4-5-8/h1-3,8,16H,4-7H2. The first-order valence-electron chi connectivity index (χ1n) is 5.54. The summed E-state index contributed by atoms with van der Waals surface area (Å²) < 4.78 is 15.4. The number of fused-ring (bicyclic) bond motifs is 1. The van der Waals surface area contributed by atoms with E-state index in [4.69, 9.17) is 5.11 Å². The molecule has 0 aliphatic heterocycles. The Morgan fingerprint density at radius 2 is 2.25 bits per heavy atom. The maximum absolute atomic E-state index is 13.7. The molecule has 4 heteroatoms. The molecule has 1 aliphatic rings. The molecular weight excluding hydrogens is 207 g/mol. The molecular formula is C12H13FN2O. The summed E-state index contributed by atoms with van der Waals surface area (Å²) >= 11 is 0. The van der Waals surface area contributed by atoms with E-state index in [-0.39, 0.29) is 6.61 Å². The van der Waals surface area contributed by atoms with Crippen LogP contribution in [0.1, 0.15) is 18.4 Å². The number of hydrogen-bond donors (Lipinski definition) is 1. The van der Waals surface area contributed by atoms with E-state index in [0.717, 1.165) is 12.1 Å².